The zero-order chi connectivity index (χ0) is 14.4. The summed E-state index contributed by atoms with van der Waals surface area (Å²) in [7, 11) is 3.07. The summed E-state index contributed by atoms with van der Waals surface area (Å²) in [4.78, 5) is 10.4. The monoisotopic (exact) mass is 333 g/mol. The standard InChI is InChI=1S/C12H16BrNO5/c1-17-10-3-7(8(13)4-11(10)18-2)9(14)5-19-6-12(15)16/h3-4,9H,5-6,14H2,1-2H3,(H,15,16). The van der Waals surface area contributed by atoms with E-state index in [0.717, 1.165) is 10.0 Å². The van der Waals surface area contributed by atoms with Gasteiger partial charge >= 0.3 is 5.97 Å². The number of halogens is 1. The predicted molar refractivity (Wildman–Crippen MR) is 72.6 cm³/mol. The largest absolute Gasteiger partial charge is 0.493 e. The van der Waals surface area contributed by atoms with E-state index in [1.54, 1.807) is 19.2 Å². The minimum atomic E-state index is -1.03. The Labute approximate surface area is 119 Å². The van der Waals surface area contributed by atoms with Crippen LogP contribution in [0.25, 0.3) is 0 Å². The first-order chi connectivity index (χ1) is 8.99. The molecule has 0 radical (unpaired) electrons. The Morgan fingerprint density at radius 3 is 2.47 bits per heavy atom. The van der Waals surface area contributed by atoms with Crippen LogP contribution in [-0.4, -0.2) is 38.5 Å². The van der Waals surface area contributed by atoms with Gasteiger partial charge in [0.1, 0.15) is 6.61 Å². The lowest BCUT2D eigenvalue weighted by Gasteiger charge is -2.16. The molecule has 106 valence electrons. The highest BCUT2D eigenvalue weighted by molar-refractivity contribution is 9.10. The van der Waals surface area contributed by atoms with Crippen molar-refractivity contribution < 1.29 is 24.1 Å². The number of ether oxygens (including phenoxy) is 3. The first kappa shape index (κ1) is 15.7. The molecule has 0 aliphatic heterocycles. The number of methoxy groups -OCH3 is 2. The van der Waals surface area contributed by atoms with E-state index < -0.39 is 12.0 Å². The molecule has 0 aliphatic carbocycles. The number of benzene rings is 1. The predicted octanol–water partition coefficient (Wildman–Crippen LogP) is 1.57. The molecule has 6 nitrogen and oxygen atoms in total. The van der Waals surface area contributed by atoms with Crippen molar-refractivity contribution in [3.63, 3.8) is 0 Å². The lowest BCUT2D eigenvalue weighted by Crippen LogP contribution is -2.20. The minimum Gasteiger partial charge on any atom is -0.493 e. The van der Waals surface area contributed by atoms with Crippen molar-refractivity contribution in [1.29, 1.82) is 0 Å². The van der Waals surface area contributed by atoms with Gasteiger partial charge in [-0.25, -0.2) is 4.79 Å². The third kappa shape index (κ3) is 4.38. The van der Waals surface area contributed by atoms with Gasteiger partial charge in [-0.15, -0.1) is 0 Å². The topological polar surface area (TPSA) is 91.0 Å². The lowest BCUT2D eigenvalue weighted by atomic mass is 10.1. The normalized spacial score (nSPS) is 12.0. The van der Waals surface area contributed by atoms with Crippen LogP contribution < -0.4 is 15.2 Å². The van der Waals surface area contributed by atoms with E-state index in [1.807, 2.05) is 0 Å². The highest BCUT2D eigenvalue weighted by Crippen LogP contribution is 2.35. The number of rotatable bonds is 7. The number of carboxylic acids is 1. The summed E-state index contributed by atoms with van der Waals surface area (Å²) in [5, 5.41) is 8.49. The molecule has 1 aromatic rings. The second kappa shape index (κ2) is 7.32. The Morgan fingerprint density at radius 1 is 1.37 bits per heavy atom. The summed E-state index contributed by atoms with van der Waals surface area (Å²) in [5.41, 5.74) is 6.71. The fourth-order valence-corrected chi connectivity index (χ4v) is 2.13. The van der Waals surface area contributed by atoms with Gasteiger partial charge in [0.2, 0.25) is 0 Å². The molecule has 1 atom stereocenters. The van der Waals surface area contributed by atoms with Crippen molar-refractivity contribution in [1.82, 2.24) is 0 Å². The molecule has 0 aromatic heterocycles. The summed E-state index contributed by atoms with van der Waals surface area (Å²) in [5.74, 6) is 0.102. The zero-order valence-corrected chi connectivity index (χ0v) is 12.3. The number of hydrogen-bond donors (Lipinski definition) is 2. The average Bonchev–Trinajstić information content (AvgIpc) is 2.37. The van der Waals surface area contributed by atoms with Crippen LogP contribution >= 0.6 is 15.9 Å². The first-order valence-electron chi connectivity index (χ1n) is 5.46. The maximum atomic E-state index is 10.4. The third-order valence-electron chi connectivity index (χ3n) is 2.43. The van der Waals surface area contributed by atoms with E-state index in [4.69, 9.17) is 25.1 Å². The fraction of sp³-hybridized carbons (Fsp3) is 0.417. The highest BCUT2D eigenvalue weighted by atomic mass is 79.9. The van der Waals surface area contributed by atoms with E-state index in [2.05, 4.69) is 15.9 Å². The molecule has 1 rings (SSSR count). The van der Waals surface area contributed by atoms with Crippen molar-refractivity contribution in [2.24, 2.45) is 5.73 Å². The fourth-order valence-electron chi connectivity index (χ4n) is 1.52. The molecule has 0 spiro atoms. The van der Waals surface area contributed by atoms with Gasteiger partial charge in [-0.05, 0) is 17.7 Å². The Balaban J connectivity index is 2.84. The lowest BCUT2D eigenvalue weighted by molar-refractivity contribution is -0.142. The SMILES string of the molecule is COc1cc(Br)c(C(N)COCC(=O)O)cc1OC. The van der Waals surface area contributed by atoms with Crippen molar-refractivity contribution in [3.05, 3.63) is 22.2 Å². The molecule has 0 fully saturated rings. The van der Waals surface area contributed by atoms with E-state index in [9.17, 15) is 4.79 Å². The number of carbonyl (C=O) groups is 1. The smallest absolute Gasteiger partial charge is 0.329 e. The van der Waals surface area contributed by atoms with E-state index in [1.165, 1.54) is 7.11 Å². The molecular weight excluding hydrogens is 318 g/mol. The Morgan fingerprint density at radius 2 is 1.95 bits per heavy atom. The number of nitrogens with two attached hydrogens (primary N) is 1. The molecule has 0 saturated heterocycles. The average molecular weight is 334 g/mol. The molecule has 19 heavy (non-hydrogen) atoms. The molecule has 0 aliphatic rings. The first-order valence-corrected chi connectivity index (χ1v) is 6.25. The van der Waals surface area contributed by atoms with E-state index >= 15 is 0 Å². The number of hydrogen-bond acceptors (Lipinski definition) is 5. The van der Waals surface area contributed by atoms with Crippen LogP contribution in [0.2, 0.25) is 0 Å². The van der Waals surface area contributed by atoms with E-state index in [-0.39, 0.29) is 13.2 Å². The summed E-state index contributed by atoms with van der Waals surface area (Å²) < 4.78 is 16.1. The van der Waals surface area contributed by atoms with Gasteiger partial charge in [0, 0.05) is 4.47 Å². The molecule has 0 amide bonds. The van der Waals surface area contributed by atoms with Crippen LogP contribution in [0.3, 0.4) is 0 Å². The molecule has 0 bridgehead atoms. The number of carboxylic acid groups (broad SMARTS) is 1. The van der Waals surface area contributed by atoms with Gasteiger partial charge in [-0.2, -0.15) is 0 Å². The van der Waals surface area contributed by atoms with Gasteiger partial charge in [-0.3, -0.25) is 0 Å². The van der Waals surface area contributed by atoms with Crippen LogP contribution in [0.1, 0.15) is 11.6 Å². The summed E-state index contributed by atoms with van der Waals surface area (Å²) in [6.07, 6.45) is 0. The van der Waals surface area contributed by atoms with Crippen molar-refractivity contribution in [2.45, 2.75) is 6.04 Å². The molecule has 1 unspecified atom stereocenters. The molecule has 7 heteroatoms. The summed E-state index contributed by atoms with van der Waals surface area (Å²) in [6, 6.07) is 3.01. The molecule has 3 N–H and O–H groups in total. The zero-order valence-electron chi connectivity index (χ0n) is 10.7. The van der Waals surface area contributed by atoms with Gasteiger partial charge in [0.25, 0.3) is 0 Å². The maximum Gasteiger partial charge on any atom is 0.329 e. The quantitative estimate of drug-likeness (QED) is 0.786. The van der Waals surface area contributed by atoms with Gasteiger partial charge in [0.15, 0.2) is 11.5 Å². The van der Waals surface area contributed by atoms with Crippen LogP contribution in [0.4, 0.5) is 0 Å². The van der Waals surface area contributed by atoms with Crippen molar-refractivity contribution in [2.75, 3.05) is 27.4 Å². The number of aliphatic carboxylic acids is 1. The van der Waals surface area contributed by atoms with Crippen molar-refractivity contribution >= 4 is 21.9 Å². The Hall–Kier alpha value is -1.31. The van der Waals surface area contributed by atoms with Crippen LogP contribution in [-0.2, 0) is 9.53 Å². The molecule has 0 saturated carbocycles. The summed E-state index contributed by atoms with van der Waals surface area (Å²) in [6.45, 7) is -0.279. The second-order valence-electron chi connectivity index (χ2n) is 3.74. The minimum absolute atomic E-state index is 0.0976. The van der Waals surface area contributed by atoms with Crippen molar-refractivity contribution in [3.8, 4) is 11.5 Å². The third-order valence-corrected chi connectivity index (χ3v) is 3.11. The molecule has 0 heterocycles. The molecule has 1 aromatic carbocycles. The highest BCUT2D eigenvalue weighted by Gasteiger charge is 2.15. The Kier molecular flexibility index (Phi) is 6.07. The van der Waals surface area contributed by atoms with E-state index in [0.29, 0.717) is 11.5 Å². The second-order valence-corrected chi connectivity index (χ2v) is 4.60. The van der Waals surface area contributed by atoms with Gasteiger partial charge in [-0.1, -0.05) is 15.9 Å². The van der Waals surface area contributed by atoms with Gasteiger partial charge in [0.05, 0.1) is 26.9 Å². The van der Waals surface area contributed by atoms with Crippen LogP contribution in [0.5, 0.6) is 11.5 Å². The molecular formula is C12H16BrNO5. The summed E-state index contributed by atoms with van der Waals surface area (Å²) >= 11 is 3.39. The van der Waals surface area contributed by atoms with Crippen LogP contribution in [0.15, 0.2) is 16.6 Å². The van der Waals surface area contributed by atoms with Crippen LogP contribution in [0, 0.1) is 0 Å². The Bertz CT molecular complexity index is 452. The van der Waals surface area contributed by atoms with Gasteiger partial charge < -0.3 is 25.1 Å². The maximum absolute atomic E-state index is 10.4.